The third-order valence-corrected chi connectivity index (χ3v) is 4.15. The average molecular weight is 275 g/mol. The van der Waals surface area contributed by atoms with E-state index in [0.29, 0.717) is 13.1 Å². The summed E-state index contributed by atoms with van der Waals surface area (Å²) in [6.45, 7) is 5.52. The number of hydrogen-bond acceptors (Lipinski definition) is 4. The van der Waals surface area contributed by atoms with Crippen molar-refractivity contribution in [2.24, 2.45) is 5.73 Å². The van der Waals surface area contributed by atoms with E-state index in [4.69, 9.17) is 5.73 Å². The van der Waals surface area contributed by atoms with Crippen LogP contribution >= 0.6 is 11.3 Å². The Kier molecular flexibility index (Phi) is 3.12. The molecule has 100 valence electrons. The van der Waals surface area contributed by atoms with E-state index < -0.39 is 0 Å². The van der Waals surface area contributed by atoms with Crippen LogP contribution in [0.25, 0.3) is 4.96 Å². The minimum Gasteiger partial charge on any atom is -0.330 e. The van der Waals surface area contributed by atoms with Crippen molar-refractivity contribution < 1.29 is 0 Å². The Labute approximate surface area is 115 Å². The van der Waals surface area contributed by atoms with Gasteiger partial charge in [0.1, 0.15) is 0 Å². The molecule has 0 amide bonds. The summed E-state index contributed by atoms with van der Waals surface area (Å²) in [5, 5.41) is 6.63. The molecule has 3 rings (SSSR count). The summed E-state index contributed by atoms with van der Waals surface area (Å²) in [5.41, 5.74) is 10.2. The van der Waals surface area contributed by atoms with E-state index in [1.54, 1.807) is 11.3 Å². The highest BCUT2D eigenvalue weighted by molar-refractivity contribution is 7.15. The van der Waals surface area contributed by atoms with E-state index in [0.717, 1.165) is 22.8 Å². The molecule has 0 saturated heterocycles. The van der Waals surface area contributed by atoms with Crippen LogP contribution in [0.4, 0.5) is 0 Å². The summed E-state index contributed by atoms with van der Waals surface area (Å²) < 4.78 is 4.07. The molecule has 6 heteroatoms. The van der Waals surface area contributed by atoms with E-state index in [9.17, 15) is 0 Å². The lowest BCUT2D eigenvalue weighted by molar-refractivity contribution is 0.648. The number of nitrogens with two attached hydrogens (primary N) is 1. The lowest BCUT2D eigenvalue weighted by Crippen LogP contribution is -2.06. The van der Waals surface area contributed by atoms with Crippen LogP contribution in [0.5, 0.6) is 0 Å². The van der Waals surface area contributed by atoms with Gasteiger partial charge in [0.2, 0.25) is 0 Å². The molecule has 0 unspecified atom stereocenters. The van der Waals surface area contributed by atoms with Crippen LogP contribution in [0.15, 0.2) is 17.8 Å². The molecular formula is C13H17N5S. The van der Waals surface area contributed by atoms with Crippen molar-refractivity contribution >= 4 is 16.3 Å². The van der Waals surface area contributed by atoms with Crippen LogP contribution in [-0.4, -0.2) is 25.7 Å². The molecule has 3 aromatic rings. The van der Waals surface area contributed by atoms with Crippen molar-refractivity contribution in [1.29, 1.82) is 0 Å². The van der Waals surface area contributed by atoms with Crippen LogP contribution in [0.1, 0.15) is 22.6 Å². The van der Waals surface area contributed by atoms with Gasteiger partial charge >= 0.3 is 0 Å². The molecule has 0 radical (unpaired) electrons. The van der Waals surface area contributed by atoms with Gasteiger partial charge in [-0.25, -0.2) is 4.98 Å². The zero-order valence-corrected chi connectivity index (χ0v) is 11.9. The second kappa shape index (κ2) is 4.79. The molecule has 0 spiro atoms. The molecule has 3 heterocycles. The third-order valence-electron chi connectivity index (χ3n) is 3.38. The number of thiazole rings is 1. The van der Waals surface area contributed by atoms with Crippen molar-refractivity contribution in [3.63, 3.8) is 0 Å². The first-order valence-corrected chi connectivity index (χ1v) is 7.21. The number of rotatable bonds is 4. The molecule has 0 fully saturated rings. The van der Waals surface area contributed by atoms with Crippen LogP contribution < -0.4 is 5.73 Å². The molecule has 0 bridgehead atoms. The quantitative estimate of drug-likeness (QED) is 0.789. The number of aromatic nitrogens is 4. The Morgan fingerprint density at radius 1 is 1.37 bits per heavy atom. The SMILES string of the molecule is Cc1nn(Cc2cn3ccsc3n2)c(C)c1CCN. The molecule has 3 aromatic heterocycles. The van der Waals surface area contributed by atoms with Gasteiger partial charge in [-0.1, -0.05) is 0 Å². The zero-order valence-electron chi connectivity index (χ0n) is 11.1. The van der Waals surface area contributed by atoms with Gasteiger partial charge in [-0.3, -0.25) is 9.08 Å². The number of fused-ring (bicyclic) bond motifs is 1. The fraction of sp³-hybridized carbons (Fsp3) is 0.385. The standard InChI is InChI=1S/C13H17N5S/c1-9-12(3-4-14)10(2)18(16-9)8-11-7-17-5-6-19-13(17)15-11/h5-7H,3-4,8,14H2,1-2H3. The van der Waals surface area contributed by atoms with E-state index in [2.05, 4.69) is 23.2 Å². The minimum absolute atomic E-state index is 0.660. The highest BCUT2D eigenvalue weighted by atomic mass is 32.1. The molecule has 0 aromatic carbocycles. The van der Waals surface area contributed by atoms with E-state index in [-0.39, 0.29) is 0 Å². The maximum Gasteiger partial charge on any atom is 0.193 e. The molecule has 19 heavy (non-hydrogen) atoms. The fourth-order valence-electron chi connectivity index (χ4n) is 2.40. The largest absolute Gasteiger partial charge is 0.330 e. The highest BCUT2D eigenvalue weighted by Gasteiger charge is 2.12. The number of nitrogens with zero attached hydrogens (tertiary/aromatic N) is 4. The lowest BCUT2D eigenvalue weighted by Gasteiger charge is -2.02. The Morgan fingerprint density at radius 2 is 2.21 bits per heavy atom. The van der Waals surface area contributed by atoms with Gasteiger partial charge in [-0.2, -0.15) is 5.10 Å². The number of imidazole rings is 1. The van der Waals surface area contributed by atoms with Crippen molar-refractivity contribution in [3.05, 3.63) is 40.4 Å². The summed E-state index contributed by atoms with van der Waals surface area (Å²) >= 11 is 1.65. The molecule has 0 saturated carbocycles. The summed E-state index contributed by atoms with van der Waals surface area (Å²) in [6.07, 6.45) is 4.97. The maximum atomic E-state index is 5.65. The average Bonchev–Trinajstić information content (AvgIpc) is 3.00. The van der Waals surface area contributed by atoms with Gasteiger partial charge in [0.15, 0.2) is 4.96 Å². The third kappa shape index (κ3) is 2.17. The van der Waals surface area contributed by atoms with Gasteiger partial charge in [-0.15, -0.1) is 11.3 Å². The maximum absolute atomic E-state index is 5.65. The van der Waals surface area contributed by atoms with Crippen LogP contribution in [-0.2, 0) is 13.0 Å². The van der Waals surface area contributed by atoms with Gasteiger partial charge in [-0.05, 0) is 32.4 Å². The summed E-state index contributed by atoms with van der Waals surface area (Å²) in [4.78, 5) is 5.62. The summed E-state index contributed by atoms with van der Waals surface area (Å²) in [5.74, 6) is 0. The number of hydrogen-bond donors (Lipinski definition) is 1. The summed E-state index contributed by atoms with van der Waals surface area (Å²) in [6, 6.07) is 0. The van der Waals surface area contributed by atoms with E-state index in [1.165, 1.54) is 11.3 Å². The molecule has 0 atom stereocenters. The first kappa shape index (κ1) is 12.4. The molecule has 0 aliphatic rings. The van der Waals surface area contributed by atoms with Crippen LogP contribution in [0.2, 0.25) is 0 Å². The van der Waals surface area contributed by atoms with Crippen molar-refractivity contribution in [1.82, 2.24) is 19.2 Å². The van der Waals surface area contributed by atoms with Gasteiger partial charge in [0.25, 0.3) is 0 Å². The molecule has 0 aliphatic carbocycles. The van der Waals surface area contributed by atoms with Crippen LogP contribution in [0.3, 0.4) is 0 Å². The Hall–Kier alpha value is -1.66. The molecular weight excluding hydrogens is 258 g/mol. The summed E-state index contributed by atoms with van der Waals surface area (Å²) in [7, 11) is 0. The predicted octanol–water partition coefficient (Wildman–Crippen LogP) is 1.76. The van der Waals surface area contributed by atoms with Crippen LogP contribution in [0, 0.1) is 13.8 Å². The van der Waals surface area contributed by atoms with Gasteiger partial charge in [0.05, 0.1) is 17.9 Å². The fourth-order valence-corrected chi connectivity index (χ4v) is 3.12. The van der Waals surface area contributed by atoms with E-state index >= 15 is 0 Å². The lowest BCUT2D eigenvalue weighted by atomic mass is 10.1. The normalized spacial score (nSPS) is 11.5. The minimum atomic E-state index is 0.660. The topological polar surface area (TPSA) is 61.1 Å². The Morgan fingerprint density at radius 3 is 2.95 bits per heavy atom. The first-order chi connectivity index (χ1) is 9.19. The zero-order chi connectivity index (χ0) is 13.4. The Balaban J connectivity index is 1.90. The van der Waals surface area contributed by atoms with Crippen molar-refractivity contribution in [2.75, 3.05) is 6.54 Å². The molecule has 5 nitrogen and oxygen atoms in total. The second-order valence-corrected chi connectivity index (χ2v) is 5.54. The molecule has 0 aliphatic heterocycles. The second-order valence-electron chi connectivity index (χ2n) is 4.67. The first-order valence-electron chi connectivity index (χ1n) is 6.33. The molecule has 2 N–H and O–H groups in total. The van der Waals surface area contributed by atoms with E-state index in [1.807, 2.05) is 27.6 Å². The van der Waals surface area contributed by atoms with Gasteiger partial charge in [0, 0.05) is 23.5 Å². The highest BCUT2D eigenvalue weighted by Crippen LogP contribution is 2.16. The predicted molar refractivity (Wildman–Crippen MR) is 76.6 cm³/mol. The number of aryl methyl sites for hydroxylation is 1. The Bertz CT molecular complexity index is 677. The van der Waals surface area contributed by atoms with Crippen molar-refractivity contribution in [3.8, 4) is 0 Å². The monoisotopic (exact) mass is 275 g/mol. The smallest absolute Gasteiger partial charge is 0.193 e. The van der Waals surface area contributed by atoms with Gasteiger partial charge < -0.3 is 5.73 Å². The van der Waals surface area contributed by atoms with Crippen molar-refractivity contribution in [2.45, 2.75) is 26.8 Å².